The number of carbonyl (C=O) groups is 1. The summed E-state index contributed by atoms with van der Waals surface area (Å²) < 4.78 is 5.21. The fourth-order valence-electron chi connectivity index (χ4n) is 2.69. The summed E-state index contributed by atoms with van der Waals surface area (Å²) in [7, 11) is 1.60. The molecule has 0 aromatic heterocycles. The highest BCUT2D eigenvalue weighted by Crippen LogP contribution is 2.32. The van der Waals surface area contributed by atoms with Crippen LogP contribution in [0.1, 0.15) is 18.5 Å². The van der Waals surface area contributed by atoms with Crippen LogP contribution >= 0.6 is 0 Å². The molecule has 1 aliphatic rings. The molecule has 0 saturated carbocycles. The van der Waals surface area contributed by atoms with E-state index >= 15 is 0 Å². The van der Waals surface area contributed by atoms with Gasteiger partial charge in [0, 0.05) is 37.8 Å². The maximum Gasteiger partial charge on any atom is 0.317 e. The predicted octanol–water partition coefficient (Wildman–Crippen LogP) is 1.16. The van der Waals surface area contributed by atoms with Gasteiger partial charge in [-0.25, -0.2) is 0 Å². The van der Waals surface area contributed by atoms with E-state index in [1.54, 1.807) is 19.2 Å². The van der Waals surface area contributed by atoms with Crippen molar-refractivity contribution in [3.05, 3.63) is 23.8 Å². The van der Waals surface area contributed by atoms with Crippen LogP contribution in [0.25, 0.3) is 0 Å². The SMILES string of the molecule is COc1ccc(O)c(C(C)N2CCN(CC(=O)O)CC2)c1. The molecule has 1 heterocycles. The third-order valence-electron chi connectivity index (χ3n) is 4.00. The van der Waals surface area contributed by atoms with E-state index in [0.29, 0.717) is 0 Å². The number of phenols is 1. The van der Waals surface area contributed by atoms with Gasteiger partial charge >= 0.3 is 5.97 Å². The normalized spacial score (nSPS) is 18.4. The van der Waals surface area contributed by atoms with Crippen molar-refractivity contribution in [3.63, 3.8) is 0 Å². The van der Waals surface area contributed by atoms with Gasteiger partial charge in [0.25, 0.3) is 0 Å². The number of nitrogens with zero attached hydrogens (tertiary/aromatic N) is 2. The molecule has 21 heavy (non-hydrogen) atoms. The number of aliphatic carboxylic acids is 1. The molecule has 0 aliphatic carbocycles. The van der Waals surface area contributed by atoms with Crippen LogP contribution < -0.4 is 4.74 Å². The number of hydrogen-bond acceptors (Lipinski definition) is 5. The zero-order valence-electron chi connectivity index (χ0n) is 12.5. The molecule has 1 saturated heterocycles. The van der Waals surface area contributed by atoms with Crippen LogP contribution in [0.4, 0.5) is 0 Å². The van der Waals surface area contributed by atoms with Crippen molar-refractivity contribution in [2.24, 2.45) is 0 Å². The quantitative estimate of drug-likeness (QED) is 0.849. The second-order valence-corrected chi connectivity index (χ2v) is 5.31. The van der Waals surface area contributed by atoms with Crippen molar-refractivity contribution >= 4 is 5.97 Å². The average molecular weight is 294 g/mol. The molecular weight excluding hydrogens is 272 g/mol. The minimum atomic E-state index is -0.790. The lowest BCUT2D eigenvalue weighted by Gasteiger charge is -2.37. The van der Waals surface area contributed by atoms with Crippen LogP contribution in [0.3, 0.4) is 0 Å². The van der Waals surface area contributed by atoms with Crippen molar-refractivity contribution in [1.29, 1.82) is 0 Å². The average Bonchev–Trinajstić information content (AvgIpc) is 2.47. The van der Waals surface area contributed by atoms with Crippen LogP contribution in [0.2, 0.25) is 0 Å². The van der Waals surface area contributed by atoms with Crippen molar-refractivity contribution in [1.82, 2.24) is 9.80 Å². The van der Waals surface area contributed by atoms with Crippen molar-refractivity contribution in [3.8, 4) is 11.5 Å². The van der Waals surface area contributed by atoms with E-state index in [9.17, 15) is 9.90 Å². The summed E-state index contributed by atoms with van der Waals surface area (Å²) in [6.45, 7) is 5.15. The molecular formula is C15H22N2O4. The highest BCUT2D eigenvalue weighted by molar-refractivity contribution is 5.69. The van der Waals surface area contributed by atoms with Gasteiger partial charge in [-0.1, -0.05) is 0 Å². The van der Waals surface area contributed by atoms with Gasteiger partial charge in [-0.05, 0) is 25.1 Å². The molecule has 0 bridgehead atoms. The number of carboxylic acid groups (broad SMARTS) is 1. The number of rotatable bonds is 5. The van der Waals surface area contributed by atoms with Crippen molar-refractivity contribution < 1.29 is 19.7 Å². The number of benzene rings is 1. The van der Waals surface area contributed by atoms with E-state index in [-0.39, 0.29) is 18.3 Å². The first-order chi connectivity index (χ1) is 10.0. The number of carboxylic acids is 1. The highest BCUT2D eigenvalue weighted by atomic mass is 16.5. The second-order valence-electron chi connectivity index (χ2n) is 5.31. The van der Waals surface area contributed by atoms with Gasteiger partial charge in [-0.2, -0.15) is 0 Å². The predicted molar refractivity (Wildman–Crippen MR) is 78.7 cm³/mol. The summed E-state index contributed by atoms with van der Waals surface area (Å²) in [5, 5.41) is 18.8. The summed E-state index contributed by atoms with van der Waals surface area (Å²) >= 11 is 0. The van der Waals surface area contributed by atoms with Gasteiger partial charge < -0.3 is 14.9 Å². The first-order valence-corrected chi connectivity index (χ1v) is 7.06. The largest absolute Gasteiger partial charge is 0.508 e. The monoisotopic (exact) mass is 294 g/mol. The van der Waals surface area contributed by atoms with E-state index in [0.717, 1.165) is 37.5 Å². The third-order valence-corrected chi connectivity index (χ3v) is 4.00. The van der Waals surface area contributed by atoms with Crippen LogP contribution in [0.15, 0.2) is 18.2 Å². The number of aromatic hydroxyl groups is 1. The lowest BCUT2D eigenvalue weighted by atomic mass is 10.0. The Balaban J connectivity index is 2.01. The minimum Gasteiger partial charge on any atom is -0.508 e. The zero-order valence-corrected chi connectivity index (χ0v) is 12.5. The molecule has 1 fully saturated rings. The molecule has 2 rings (SSSR count). The molecule has 0 amide bonds. The topological polar surface area (TPSA) is 73.2 Å². The van der Waals surface area contributed by atoms with E-state index in [4.69, 9.17) is 9.84 Å². The van der Waals surface area contributed by atoms with E-state index < -0.39 is 5.97 Å². The Labute approximate surface area is 124 Å². The number of piperazine rings is 1. The lowest BCUT2D eigenvalue weighted by Crippen LogP contribution is -2.48. The Bertz CT molecular complexity index is 498. The maximum atomic E-state index is 10.7. The van der Waals surface area contributed by atoms with Crippen LogP contribution in [0.5, 0.6) is 11.5 Å². The molecule has 6 heteroatoms. The van der Waals surface area contributed by atoms with Gasteiger partial charge in [0.15, 0.2) is 0 Å². The summed E-state index contributed by atoms with van der Waals surface area (Å²) in [6, 6.07) is 5.29. The summed E-state index contributed by atoms with van der Waals surface area (Å²) in [6.07, 6.45) is 0. The molecule has 1 unspecified atom stereocenters. The first-order valence-electron chi connectivity index (χ1n) is 7.06. The number of hydrogen-bond donors (Lipinski definition) is 2. The molecule has 2 N–H and O–H groups in total. The van der Waals surface area contributed by atoms with Gasteiger partial charge in [-0.15, -0.1) is 0 Å². The number of phenolic OH excluding ortho intramolecular Hbond substituents is 1. The maximum absolute atomic E-state index is 10.7. The van der Waals surface area contributed by atoms with Crippen molar-refractivity contribution in [2.75, 3.05) is 39.8 Å². The highest BCUT2D eigenvalue weighted by Gasteiger charge is 2.24. The molecule has 0 spiro atoms. The second kappa shape index (κ2) is 6.78. The number of methoxy groups -OCH3 is 1. The standard InChI is InChI=1S/C15H22N2O4/c1-11(13-9-12(21-2)3-4-14(13)18)17-7-5-16(6-8-17)10-15(19)20/h3-4,9,11,18H,5-8,10H2,1-2H3,(H,19,20). The molecule has 1 aromatic carbocycles. The molecule has 6 nitrogen and oxygen atoms in total. The van der Waals surface area contributed by atoms with Gasteiger partial charge in [0.05, 0.1) is 13.7 Å². The van der Waals surface area contributed by atoms with E-state index in [1.165, 1.54) is 0 Å². The Kier molecular flexibility index (Phi) is 5.03. The fraction of sp³-hybridized carbons (Fsp3) is 0.533. The van der Waals surface area contributed by atoms with E-state index in [2.05, 4.69) is 4.90 Å². The van der Waals surface area contributed by atoms with Crippen LogP contribution in [0, 0.1) is 0 Å². The van der Waals surface area contributed by atoms with Crippen molar-refractivity contribution in [2.45, 2.75) is 13.0 Å². The Morgan fingerprint density at radius 1 is 1.33 bits per heavy atom. The van der Waals surface area contributed by atoms with Gasteiger partial charge in [0.1, 0.15) is 11.5 Å². The Morgan fingerprint density at radius 2 is 2.00 bits per heavy atom. The minimum absolute atomic E-state index is 0.0621. The lowest BCUT2D eigenvalue weighted by molar-refractivity contribution is -0.138. The molecule has 1 atom stereocenters. The number of ether oxygens (including phenoxy) is 1. The van der Waals surface area contributed by atoms with Crippen LogP contribution in [-0.2, 0) is 4.79 Å². The first kappa shape index (κ1) is 15.6. The summed E-state index contributed by atoms with van der Waals surface area (Å²) in [5.41, 5.74) is 0.834. The van der Waals surface area contributed by atoms with E-state index in [1.807, 2.05) is 17.9 Å². The molecule has 1 aliphatic heterocycles. The van der Waals surface area contributed by atoms with Gasteiger partial charge in [-0.3, -0.25) is 14.6 Å². The Morgan fingerprint density at radius 3 is 2.57 bits per heavy atom. The molecule has 0 radical (unpaired) electrons. The zero-order chi connectivity index (χ0) is 15.4. The fourth-order valence-corrected chi connectivity index (χ4v) is 2.69. The third kappa shape index (κ3) is 3.86. The molecule has 1 aromatic rings. The summed E-state index contributed by atoms with van der Waals surface area (Å²) in [4.78, 5) is 14.9. The Hall–Kier alpha value is -1.79. The smallest absolute Gasteiger partial charge is 0.317 e. The van der Waals surface area contributed by atoms with Crippen LogP contribution in [-0.4, -0.2) is 65.8 Å². The summed E-state index contributed by atoms with van der Waals surface area (Å²) in [5.74, 6) is 0.192. The van der Waals surface area contributed by atoms with Gasteiger partial charge in [0.2, 0.25) is 0 Å². The molecule has 116 valence electrons.